The van der Waals surface area contributed by atoms with E-state index in [-0.39, 0.29) is 18.4 Å². The monoisotopic (exact) mass is 436 g/mol. The van der Waals surface area contributed by atoms with Crippen molar-refractivity contribution in [2.24, 2.45) is 5.92 Å². The second-order valence-corrected chi connectivity index (χ2v) is 9.06. The number of rotatable bonds is 7. The molecule has 2 amide bonds. The highest BCUT2D eigenvalue weighted by Crippen LogP contribution is 2.44. The van der Waals surface area contributed by atoms with E-state index in [0.717, 1.165) is 41.5 Å². The number of benzene rings is 2. The Morgan fingerprint density at radius 2 is 1.59 bits per heavy atom. The molecule has 0 bridgehead atoms. The summed E-state index contributed by atoms with van der Waals surface area (Å²) >= 11 is 0. The number of hydrogen-bond acceptors (Lipinski definition) is 4. The third kappa shape index (κ3) is 4.20. The van der Waals surface area contributed by atoms with Gasteiger partial charge in [0.2, 0.25) is 5.91 Å². The number of amides is 2. The Bertz CT molecular complexity index is 999. The van der Waals surface area contributed by atoms with Crippen molar-refractivity contribution in [3.05, 3.63) is 59.7 Å². The summed E-state index contributed by atoms with van der Waals surface area (Å²) in [6, 6.07) is 15.3. The van der Waals surface area contributed by atoms with Crippen LogP contribution in [0.5, 0.6) is 0 Å². The van der Waals surface area contributed by atoms with E-state index in [1.807, 2.05) is 36.4 Å². The van der Waals surface area contributed by atoms with Crippen molar-refractivity contribution in [2.45, 2.75) is 50.6 Å². The highest BCUT2D eigenvalue weighted by molar-refractivity contribution is 5.91. The Morgan fingerprint density at radius 1 is 1.03 bits per heavy atom. The first kappa shape index (κ1) is 21.9. The zero-order valence-electron chi connectivity index (χ0n) is 18.3. The summed E-state index contributed by atoms with van der Waals surface area (Å²) in [5.74, 6) is -1.75. The largest absolute Gasteiger partial charge is 0.480 e. The van der Waals surface area contributed by atoms with E-state index in [9.17, 15) is 19.5 Å². The van der Waals surface area contributed by atoms with Crippen LogP contribution < -0.4 is 10.6 Å². The van der Waals surface area contributed by atoms with E-state index in [4.69, 9.17) is 4.74 Å². The molecule has 2 aliphatic rings. The van der Waals surface area contributed by atoms with Crippen LogP contribution in [0.3, 0.4) is 0 Å². The number of aliphatic carboxylic acids is 1. The molecule has 2 aromatic rings. The van der Waals surface area contributed by atoms with E-state index < -0.39 is 29.6 Å². The first-order valence-electron chi connectivity index (χ1n) is 10.9. The van der Waals surface area contributed by atoms with Gasteiger partial charge in [-0.05, 0) is 54.9 Å². The number of carboxylic acids is 1. The molecule has 1 unspecified atom stereocenters. The van der Waals surface area contributed by atoms with E-state index in [0.29, 0.717) is 0 Å². The molecule has 1 saturated carbocycles. The minimum atomic E-state index is -1.43. The summed E-state index contributed by atoms with van der Waals surface area (Å²) in [4.78, 5) is 36.8. The Labute approximate surface area is 187 Å². The zero-order valence-corrected chi connectivity index (χ0v) is 18.3. The molecule has 7 heteroatoms. The molecule has 7 nitrogen and oxygen atoms in total. The van der Waals surface area contributed by atoms with Gasteiger partial charge in [0, 0.05) is 5.92 Å². The SMILES string of the molecule is CC(C)(NC(=O)C(NC(=O)OCC1c2ccccc2-c2ccccc21)C1CCC1)C(=O)O. The lowest BCUT2D eigenvalue weighted by Gasteiger charge is -2.34. The number of hydrogen-bond donors (Lipinski definition) is 3. The zero-order chi connectivity index (χ0) is 22.9. The molecule has 3 N–H and O–H groups in total. The fourth-order valence-corrected chi connectivity index (χ4v) is 4.38. The van der Waals surface area contributed by atoms with Crippen molar-refractivity contribution in [1.29, 1.82) is 0 Å². The van der Waals surface area contributed by atoms with Crippen LogP contribution in [0.15, 0.2) is 48.5 Å². The molecule has 0 heterocycles. The van der Waals surface area contributed by atoms with Crippen LogP contribution in [0.4, 0.5) is 4.79 Å². The Morgan fingerprint density at radius 3 is 2.09 bits per heavy atom. The molecule has 2 aliphatic carbocycles. The summed E-state index contributed by atoms with van der Waals surface area (Å²) in [7, 11) is 0. The summed E-state index contributed by atoms with van der Waals surface area (Å²) in [6.07, 6.45) is 1.90. The minimum Gasteiger partial charge on any atom is -0.480 e. The van der Waals surface area contributed by atoms with Gasteiger partial charge in [-0.1, -0.05) is 55.0 Å². The molecular formula is C25H28N2O5. The maximum atomic E-state index is 12.8. The van der Waals surface area contributed by atoms with E-state index in [1.165, 1.54) is 13.8 Å². The molecule has 0 aromatic heterocycles. The molecule has 32 heavy (non-hydrogen) atoms. The van der Waals surface area contributed by atoms with E-state index in [1.54, 1.807) is 0 Å². The quantitative estimate of drug-likeness (QED) is 0.614. The first-order chi connectivity index (χ1) is 15.3. The standard InChI is InChI=1S/C25H28N2O5/c1-25(2,23(29)30)27-22(28)21(15-8-7-9-15)26-24(31)32-14-20-18-12-5-3-10-16(18)17-11-4-6-13-19(17)20/h3-6,10-13,15,20-21H,7-9,14H2,1-2H3,(H,26,31)(H,27,28)(H,29,30). The van der Waals surface area contributed by atoms with Gasteiger partial charge in [0.05, 0.1) is 0 Å². The molecule has 0 saturated heterocycles. The third-order valence-electron chi connectivity index (χ3n) is 6.49. The Balaban J connectivity index is 1.43. The predicted octanol–water partition coefficient (Wildman–Crippen LogP) is 3.67. The van der Waals surface area contributed by atoms with Gasteiger partial charge >= 0.3 is 12.1 Å². The van der Waals surface area contributed by atoms with Crippen molar-refractivity contribution in [3.8, 4) is 11.1 Å². The van der Waals surface area contributed by atoms with Gasteiger partial charge in [0.1, 0.15) is 18.2 Å². The van der Waals surface area contributed by atoms with Crippen molar-refractivity contribution < 1.29 is 24.2 Å². The van der Waals surface area contributed by atoms with Gasteiger partial charge in [-0.15, -0.1) is 0 Å². The van der Waals surface area contributed by atoms with Crippen LogP contribution in [0.1, 0.15) is 50.2 Å². The van der Waals surface area contributed by atoms with Gasteiger partial charge in [0.15, 0.2) is 0 Å². The minimum absolute atomic E-state index is 0.0277. The number of carbonyl (C=O) groups excluding carboxylic acids is 2. The fourth-order valence-electron chi connectivity index (χ4n) is 4.38. The summed E-state index contributed by atoms with van der Waals surface area (Å²) < 4.78 is 5.57. The molecule has 0 radical (unpaired) electrons. The predicted molar refractivity (Wildman–Crippen MR) is 119 cm³/mol. The van der Waals surface area contributed by atoms with Crippen LogP contribution in [0.2, 0.25) is 0 Å². The van der Waals surface area contributed by atoms with Gasteiger partial charge in [0.25, 0.3) is 0 Å². The smallest absolute Gasteiger partial charge is 0.407 e. The second-order valence-electron chi connectivity index (χ2n) is 9.06. The molecule has 1 fully saturated rings. The fraction of sp³-hybridized carbons (Fsp3) is 0.400. The topological polar surface area (TPSA) is 105 Å². The summed E-state index contributed by atoms with van der Waals surface area (Å²) in [5.41, 5.74) is 3.07. The highest BCUT2D eigenvalue weighted by atomic mass is 16.5. The van der Waals surface area contributed by atoms with E-state index in [2.05, 4.69) is 22.8 Å². The maximum absolute atomic E-state index is 12.8. The second kappa shape index (κ2) is 8.65. The molecule has 0 aliphatic heterocycles. The van der Waals surface area contributed by atoms with Gasteiger partial charge in [-0.2, -0.15) is 0 Å². The van der Waals surface area contributed by atoms with Crippen LogP contribution in [-0.4, -0.2) is 41.3 Å². The molecule has 1 atom stereocenters. The highest BCUT2D eigenvalue weighted by Gasteiger charge is 2.38. The molecule has 2 aromatic carbocycles. The van der Waals surface area contributed by atoms with Crippen molar-refractivity contribution in [2.75, 3.05) is 6.61 Å². The lowest BCUT2D eigenvalue weighted by molar-refractivity contribution is -0.146. The first-order valence-corrected chi connectivity index (χ1v) is 10.9. The lowest BCUT2D eigenvalue weighted by atomic mass is 9.79. The maximum Gasteiger partial charge on any atom is 0.407 e. The normalized spacial score (nSPS) is 16.3. The summed E-state index contributed by atoms with van der Waals surface area (Å²) in [6.45, 7) is 2.98. The number of ether oxygens (including phenoxy) is 1. The van der Waals surface area contributed by atoms with Crippen LogP contribution in [0.25, 0.3) is 11.1 Å². The third-order valence-corrected chi connectivity index (χ3v) is 6.49. The average Bonchev–Trinajstić information content (AvgIpc) is 3.04. The Hall–Kier alpha value is -3.35. The Kier molecular flexibility index (Phi) is 5.91. The number of fused-ring (bicyclic) bond motifs is 3. The van der Waals surface area contributed by atoms with Crippen LogP contribution in [0, 0.1) is 5.92 Å². The average molecular weight is 437 g/mol. The van der Waals surface area contributed by atoms with Crippen LogP contribution in [-0.2, 0) is 14.3 Å². The van der Waals surface area contributed by atoms with Gasteiger partial charge < -0.3 is 20.5 Å². The molecule has 0 spiro atoms. The van der Waals surface area contributed by atoms with Crippen molar-refractivity contribution in [1.82, 2.24) is 10.6 Å². The molecule has 168 valence electrons. The molecular weight excluding hydrogens is 408 g/mol. The number of nitrogens with one attached hydrogen (secondary N) is 2. The summed E-state index contributed by atoms with van der Waals surface area (Å²) in [5, 5.41) is 14.5. The van der Waals surface area contributed by atoms with Crippen molar-refractivity contribution in [3.63, 3.8) is 0 Å². The van der Waals surface area contributed by atoms with Crippen molar-refractivity contribution >= 4 is 18.0 Å². The van der Waals surface area contributed by atoms with Crippen LogP contribution >= 0.6 is 0 Å². The number of alkyl carbamates (subject to hydrolysis) is 1. The van der Waals surface area contributed by atoms with Gasteiger partial charge in [-0.3, -0.25) is 4.79 Å². The van der Waals surface area contributed by atoms with E-state index >= 15 is 0 Å². The number of carboxylic acid groups (broad SMARTS) is 1. The van der Waals surface area contributed by atoms with Gasteiger partial charge in [-0.25, -0.2) is 9.59 Å². The number of carbonyl (C=O) groups is 3. The molecule has 4 rings (SSSR count). The lowest BCUT2D eigenvalue weighted by Crippen LogP contribution is -2.59.